The van der Waals surface area contributed by atoms with E-state index in [4.69, 9.17) is 17.5 Å². The fraction of sp³-hybridized carbons (Fsp3) is 1.00. The largest absolute Gasteiger partial charge is 0.394 e. The summed E-state index contributed by atoms with van der Waals surface area (Å²) in [6.45, 7) is 0. The second-order valence-corrected chi connectivity index (χ2v) is 4.03. The Hall–Kier alpha value is -0.210. The van der Waals surface area contributed by atoms with E-state index in [0.29, 0.717) is 0 Å². The first-order valence-electron chi connectivity index (χ1n) is 3.06. The molecule has 0 aliphatic carbocycles. The normalized spacial score (nSPS) is 10.3. The van der Waals surface area contributed by atoms with Crippen LogP contribution in [0.3, 0.4) is 0 Å². The summed E-state index contributed by atoms with van der Waals surface area (Å²) >= 11 is 0. The molecule has 4 N–H and O–H groups in total. The Morgan fingerprint density at radius 1 is 1.00 bits per heavy atom. The SMILES string of the molecule is CN.C[N+](C)(C)C.O=S(=O)(O)O. The summed E-state index contributed by atoms with van der Waals surface area (Å²) in [5.74, 6) is 0. The Morgan fingerprint density at radius 2 is 1.00 bits per heavy atom. The molecule has 0 atom stereocenters. The summed E-state index contributed by atoms with van der Waals surface area (Å²) in [6, 6.07) is 0. The first-order chi connectivity index (χ1) is 5.00. The van der Waals surface area contributed by atoms with Crippen molar-refractivity contribution in [1.29, 1.82) is 0 Å². The van der Waals surface area contributed by atoms with E-state index in [1.807, 2.05) is 0 Å². The quantitative estimate of drug-likeness (QED) is 0.355. The molecule has 0 rings (SSSR count). The summed E-state index contributed by atoms with van der Waals surface area (Å²) in [6.07, 6.45) is 0. The van der Waals surface area contributed by atoms with E-state index in [1.54, 1.807) is 0 Å². The fourth-order valence-corrected chi connectivity index (χ4v) is 0. The lowest BCUT2D eigenvalue weighted by molar-refractivity contribution is -0.849. The minimum atomic E-state index is -4.67. The predicted octanol–water partition coefficient (Wildman–Crippen LogP) is -0.755. The van der Waals surface area contributed by atoms with Crippen LogP contribution in [-0.4, -0.2) is 57.2 Å². The summed E-state index contributed by atoms with van der Waals surface area (Å²) in [5.41, 5.74) is 4.50. The van der Waals surface area contributed by atoms with E-state index in [-0.39, 0.29) is 0 Å². The molecule has 0 amide bonds. The van der Waals surface area contributed by atoms with Gasteiger partial charge in [0.2, 0.25) is 0 Å². The van der Waals surface area contributed by atoms with Crippen LogP contribution in [0.1, 0.15) is 0 Å². The van der Waals surface area contributed by atoms with Crippen LogP contribution in [-0.2, 0) is 10.4 Å². The molecule has 0 radical (unpaired) electrons. The molecule has 0 aliphatic rings. The molecule has 0 aromatic heterocycles. The number of nitrogens with two attached hydrogens (primary N) is 1. The van der Waals surface area contributed by atoms with Crippen LogP contribution in [0.15, 0.2) is 0 Å². The molecule has 0 saturated carbocycles. The molecule has 0 fully saturated rings. The standard InChI is InChI=1S/C4H12N.CH5N.H2O4S/c1-5(2,3)4;1-2;1-5(2,3)4/h1-4H3;2H2,1H3;(H2,1,2,3,4)/q+1;;. The van der Waals surface area contributed by atoms with Gasteiger partial charge < -0.3 is 10.2 Å². The second kappa shape index (κ2) is 7.44. The van der Waals surface area contributed by atoms with Crippen LogP contribution in [0.25, 0.3) is 0 Å². The van der Waals surface area contributed by atoms with E-state index in [2.05, 4.69) is 33.9 Å². The van der Waals surface area contributed by atoms with Crippen LogP contribution in [0, 0.1) is 0 Å². The lowest BCUT2D eigenvalue weighted by atomic mass is 10.8. The summed E-state index contributed by atoms with van der Waals surface area (Å²) in [4.78, 5) is 0. The molecular formula is C5H19N2O4S+. The molecule has 0 heterocycles. The van der Waals surface area contributed by atoms with Crippen molar-refractivity contribution >= 4 is 10.4 Å². The second-order valence-electron chi connectivity index (χ2n) is 3.13. The van der Waals surface area contributed by atoms with Crippen LogP contribution < -0.4 is 5.73 Å². The van der Waals surface area contributed by atoms with Crippen LogP contribution in [0.4, 0.5) is 0 Å². The third-order valence-corrected chi connectivity index (χ3v) is 0. The van der Waals surface area contributed by atoms with Crippen molar-refractivity contribution in [2.75, 3.05) is 35.2 Å². The Morgan fingerprint density at radius 3 is 1.00 bits per heavy atom. The van der Waals surface area contributed by atoms with Gasteiger partial charge in [-0.1, -0.05) is 0 Å². The molecule has 78 valence electrons. The van der Waals surface area contributed by atoms with E-state index in [1.165, 1.54) is 7.05 Å². The van der Waals surface area contributed by atoms with Gasteiger partial charge in [0.1, 0.15) is 0 Å². The molecule has 0 aromatic carbocycles. The Kier molecular flexibility index (Phi) is 11.0. The zero-order chi connectivity index (χ0) is 11.0. The van der Waals surface area contributed by atoms with Crippen molar-refractivity contribution in [3.05, 3.63) is 0 Å². The van der Waals surface area contributed by atoms with Gasteiger partial charge in [0.25, 0.3) is 0 Å². The highest BCUT2D eigenvalue weighted by molar-refractivity contribution is 7.79. The molecule has 12 heavy (non-hydrogen) atoms. The molecule has 0 spiro atoms. The predicted molar refractivity (Wildman–Crippen MR) is 48.2 cm³/mol. The maximum absolute atomic E-state index is 8.74. The molecule has 0 aromatic rings. The minimum absolute atomic E-state index is 1.00. The molecule has 0 aliphatic heterocycles. The molecular weight excluding hydrogens is 184 g/mol. The number of quaternary nitrogens is 1. The van der Waals surface area contributed by atoms with Crippen LogP contribution >= 0.6 is 0 Å². The zero-order valence-electron chi connectivity index (χ0n) is 8.14. The van der Waals surface area contributed by atoms with Crippen molar-refractivity contribution in [3.8, 4) is 0 Å². The minimum Gasteiger partial charge on any atom is -0.333 e. The number of hydrogen-bond acceptors (Lipinski definition) is 3. The molecule has 0 unspecified atom stereocenters. The number of hydrogen-bond donors (Lipinski definition) is 3. The maximum Gasteiger partial charge on any atom is 0.394 e. The molecule has 7 heteroatoms. The summed E-state index contributed by atoms with van der Waals surface area (Å²) in [5, 5.41) is 0. The van der Waals surface area contributed by atoms with Gasteiger partial charge in [0.05, 0.1) is 28.2 Å². The third kappa shape index (κ3) is 17200. The number of rotatable bonds is 0. The van der Waals surface area contributed by atoms with Crippen molar-refractivity contribution in [2.45, 2.75) is 0 Å². The maximum atomic E-state index is 8.74. The lowest BCUT2D eigenvalue weighted by Gasteiger charge is -2.14. The lowest BCUT2D eigenvalue weighted by Crippen LogP contribution is -2.27. The fourth-order valence-electron chi connectivity index (χ4n) is 0. The highest BCUT2D eigenvalue weighted by Gasteiger charge is 1.88. The van der Waals surface area contributed by atoms with Gasteiger partial charge in [0.15, 0.2) is 0 Å². The number of nitrogens with zero attached hydrogens (tertiary/aromatic N) is 1. The first-order valence-corrected chi connectivity index (χ1v) is 4.46. The molecule has 6 nitrogen and oxygen atoms in total. The van der Waals surface area contributed by atoms with E-state index in [0.717, 1.165) is 4.48 Å². The van der Waals surface area contributed by atoms with Crippen LogP contribution in [0.2, 0.25) is 0 Å². The Labute approximate surface area is 74.2 Å². The van der Waals surface area contributed by atoms with Crippen molar-refractivity contribution in [1.82, 2.24) is 0 Å². The van der Waals surface area contributed by atoms with Crippen molar-refractivity contribution in [3.63, 3.8) is 0 Å². The van der Waals surface area contributed by atoms with Gasteiger partial charge in [-0.2, -0.15) is 8.42 Å². The van der Waals surface area contributed by atoms with Gasteiger partial charge in [-0.05, 0) is 7.05 Å². The summed E-state index contributed by atoms with van der Waals surface area (Å²) in [7, 11) is 5.33. The van der Waals surface area contributed by atoms with Gasteiger partial charge in [0, 0.05) is 0 Å². The third-order valence-electron chi connectivity index (χ3n) is 0. The smallest absolute Gasteiger partial charge is 0.333 e. The van der Waals surface area contributed by atoms with Gasteiger partial charge >= 0.3 is 10.4 Å². The van der Waals surface area contributed by atoms with Gasteiger partial charge in [-0.3, -0.25) is 9.11 Å². The molecule has 0 bridgehead atoms. The summed E-state index contributed by atoms with van der Waals surface area (Å²) < 4.78 is 32.6. The van der Waals surface area contributed by atoms with E-state index < -0.39 is 10.4 Å². The van der Waals surface area contributed by atoms with E-state index >= 15 is 0 Å². The average Bonchev–Trinajstić information content (AvgIpc) is 1.59. The van der Waals surface area contributed by atoms with Gasteiger partial charge in [-0.25, -0.2) is 0 Å². The van der Waals surface area contributed by atoms with Crippen LogP contribution in [0.5, 0.6) is 0 Å². The topological polar surface area (TPSA) is 101 Å². The Bertz CT molecular complexity index is 156. The zero-order valence-corrected chi connectivity index (χ0v) is 8.96. The van der Waals surface area contributed by atoms with Gasteiger partial charge in [-0.15, -0.1) is 0 Å². The van der Waals surface area contributed by atoms with Crippen molar-refractivity contribution < 1.29 is 22.0 Å². The van der Waals surface area contributed by atoms with Crippen molar-refractivity contribution in [2.24, 2.45) is 5.73 Å². The van der Waals surface area contributed by atoms with E-state index in [9.17, 15) is 0 Å². The highest BCUT2D eigenvalue weighted by atomic mass is 32.3. The highest BCUT2D eigenvalue weighted by Crippen LogP contribution is 1.73. The molecule has 0 saturated heterocycles. The monoisotopic (exact) mass is 203 g/mol. The average molecular weight is 203 g/mol. The first kappa shape index (κ1) is 17.8. The Balaban J connectivity index is -0.000000112.